The summed E-state index contributed by atoms with van der Waals surface area (Å²) in [6.45, 7) is 4.30. The van der Waals surface area contributed by atoms with Crippen LogP contribution in [0.5, 0.6) is 0 Å². The molecule has 1 aromatic heterocycles. The predicted molar refractivity (Wildman–Crippen MR) is 79.6 cm³/mol. The molecule has 0 bridgehead atoms. The van der Waals surface area contributed by atoms with Crippen LogP contribution in [0.1, 0.15) is 25.2 Å². The van der Waals surface area contributed by atoms with Gasteiger partial charge in [0.15, 0.2) is 0 Å². The maximum atomic E-state index is 11.0. The molecule has 2 heterocycles. The Kier molecular flexibility index (Phi) is 2.78. The van der Waals surface area contributed by atoms with Crippen molar-refractivity contribution in [1.82, 2.24) is 4.57 Å². The van der Waals surface area contributed by atoms with E-state index in [4.69, 9.17) is 5.11 Å². The molecule has 0 saturated heterocycles. The topological polar surface area (TPSA) is 42.2 Å². The standard InChI is InChI=1S/C17H17NO2/c1-17(2)8-9-18-13(11-15(19)20)10-14(16(17)18)12-6-4-3-5-7-12/h3-10H,11H2,1-2H3,(H,19,20). The molecule has 0 atom stereocenters. The number of nitrogens with zero attached hydrogens (tertiary/aromatic N) is 1. The Morgan fingerprint density at radius 2 is 1.95 bits per heavy atom. The van der Waals surface area contributed by atoms with Crippen molar-refractivity contribution < 1.29 is 9.90 Å². The van der Waals surface area contributed by atoms with Gasteiger partial charge in [-0.05, 0) is 11.6 Å². The molecule has 1 aliphatic rings. The lowest BCUT2D eigenvalue weighted by Crippen LogP contribution is -2.13. The zero-order chi connectivity index (χ0) is 14.3. The van der Waals surface area contributed by atoms with Crippen LogP contribution in [0, 0.1) is 0 Å². The molecule has 1 N–H and O–H groups in total. The van der Waals surface area contributed by atoms with Crippen LogP contribution >= 0.6 is 0 Å². The van der Waals surface area contributed by atoms with Crippen molar-refractivity contribution in [3.05, 3.63) is 53.9 Å². The summed E-state index contributed by atoms with van der Waals surface area (Å²) >= 11 is 0. The van der Waals surface area contributed by atoms with Gasteiger partial charge in [0.2, 0.25) is 0 Å². The van der Waals surface area contributed by atoms with Crippen LogP contribution in [0.25, 0.3) is 17.3 Å². The van der Waals surface area contributed by atoms with E-state index in [1.807, 2.05) is 35.0 Å². The first-order chi connectivity index (χ1) is 9.49. The number of carboxylic acid groups (broad SMARTS) is 1. The van der Waals surface area contributed by atoms with Crippen molar-refractivity contribution in [3.63, 3.8) is 0 Å². The zero-order valence-electron chi connectivity index (χ0n) is 11.6. The normalized spacial score (nSPS) is 15.3. The summed E-state index contributed by atoms with van der Waals surface area (Å²) in [4.78, 5) is 11.0. The van der Waals surface area contributed by atoms with E-state index in [2.05, 4.69) is 32.1 Å². The van der Waals surface area contributed by atoms with Crippen LogP contribution in [0.4, 0.5) is 0 Å². The van der Waals surface area contributed by atoms with E-state index in [-0.39, 0.29) is 11.8 Å². The lowest BCUT2D eigenvalue weighted by molar-refractivity contribution is -0.136. The first-order valence-corrected chi connectivity index (χ1v) is 6.70. The molecule has 0 saturated carbocycles. The number of carbonyl (C=O) groups is 1. The highest BCUT2D eigenvalue weighted by molar-refractivity contribution is 5.76. The van der Waals surface area contributed by atoms with E-state index in [9.17, 15) is 4.79 Å². The second-order valence-corrected chi connectivity index (χ2v) is 5.74. The number of carboxylic acids is 1. The van der Waals surface area contributed by atoms with E-state index in [0.717, 1.165) is 16.8 Å². The third kappa shape index (κ3) is 1.95. The lowest BCUT2D eigenvalue weighted by Gasteiger charge is -2.18. The zero-order valence-corrected chi connectivity index (χ0v) is 11.6. The number of aromatic nitrogens is 1. The minimum absolute atomic E-state index is 0.0419. The molecule has 3 nitrogen and oxygen atoms in total. The van der Waals surface area contributed by atoms with Gasteiger partial charge in [0, 0.05) is 28.6 Å². The van der Waals surface area contributed by atoms with Crippen molar-refractivity contribution in [3.8, 4) is 11.1 Å². The number of fused-ring (bicyclic) bond motifs is 1. The summed E-state index contributed by atoms with van der Waals surface area (Å²) < 4.78 is 2.02. The number of rotatable bonds is 3. The fourth-order valence-electron chi connectivity index (χ4n) is 2.87. The molecule has 3 heteroatoms. The number of benzene rings is 1. The fraction of sp³-hybridized carbons (Fsp3) is 0.235. The molecule has 2 aromatic rings. The SMILES string of the molecule is CC1(C)C=Cn2c(CC(=O)O)cc(-c3ccccc3)c21. The third-order valence-corrected chi connectivity index (χ3v) is 3.78. The molecule has 0 fully saturated rings. The van der Waals surface area contributed by atoms with Crippen molar-refractivity contribution >= 4 is 12.2 Å². The summed E-state index contributed by atoms with van der Waals surface area (Å²) in [5, 5.41) is 9.07. The minimum Gasteiger partial charge on any atom is -0.481 e. The van der Waals surface area contributed by atoms with Gasteiger partial charge in [-0.25, -0.2) is 0 Å². The van der Waals surface area contributed by atoms with Crippen molar-refractivity contribution in [2.45, 2.75) is 25.7 Å². The highest BCUT2D eigenvalue weighted by Gasteiger charge is 2.31. The summed E-state index contributed by atoms with van der Waals surface area (Å²) in [5.74, 6) is -0.803. The van der Waals surface area contributed by atoms with E-state index < -0.39 is 5.97 Å². The van der Waals surface area contributed by atoms with Crippen molar-refractivity contribution in [2.75, 3.05) is 0 Å². The summed E-state index contributed by atoms with van der Waals surface area (Å²) in [7, 11) is 0. The molecule has 102 valence electrons. The van der Waals surface area contributed by atoms with Crippen LogP contribution in [-0.4, -0.2) is 15.6 Å². The molecular formula is C17H17NO2. The number of aliphatic carboxylic acids is 1. The van der Waals surface area contributed by atoms with Gasteiger partial charge in [-0.1, -0.05) is 50.3 Å². The van der Waals surface area contributed by atoms with Gasteiger partial charge in [0.05, 0.1) is 6.42 Å². The first kappa shape index (κ1) is 12.7. The molecule has 3 rings (SSSR count). The monoisotopic (exact) mass is 267 g/mol. The molecule has 0 aliphatic carbocycles. The maximum Gasteiger partial charge on any atom is 0.309 e. The number of hydrogen-bond acceptors (Lipinski definition) is 1. The Labute approximate surface area is 118 Å². The molecule has 20 heavy (non-hydrogen) atoms. The fourth-order valence-corrected chi connectivity index (χ4v) is 2.87. The first-order valence-electron chi connectivity index (χ1n) is 6.70. The number of allylic oxidation sites excluding steroid dienone is 1. The van der Waals surface area contributed by atoms with Crippen LogP contribution in [-0.2, 0) is 16.6 Å². The van der Waals surface area contributed by atoms with Crippen LogP contribution in [0.2, 0.25) is 0 Å². The molecule has 0 unspecified atom stereocenters. The van der Waals surface area contributed by atoms with Crippen LogP contribution < -0.4 is 0 Å². The summed E-state index contributed by atoms with van der Waals surface area (Å²) in [6.07, 6.45) is 4.15. The Bertz CT molecular complexity index is 693. The largest absolute Gasteiger partial charge is 0.481 e. The molecule has 0 spiro atoms. The Hall–Kier alpha value is -2.29. The van der Waals surface area contributed by atoms with E-state index in [1.54, 1.807) is 0 Å². The quantitative estimate of drug-likeness (QED) is 0.924. The highest BCUT2D eigenvalue weighted by atomic mass is 16.4. The minimum atomic E-state index is -0.803. The molecule has 0 radical (unpaired) electrons. The van der Waals surface area contributed by atoms with Gasteiger partial charge in [-0.3, -0.25) is 4.79 Å². The van der Waals surface area contributed by atoms with Gasteiger partial charge < -0.3 is 9.67 Å². The summed E-state index contributed by atoms with van der Waals surface area (Å²) in [6, 6.07) is 12.1. The smallest absolute Gasteiger partial charge is 0.309 e. The van der Waals surface area contributed by atoms with Crippen molar-refractivity contribution in [1.29, 1.82) is 0 Å². The average molecular weight is 267 g/mol. The van der Waals surface area contributed by atoms with Crippen molar-refractivity contribution in [2.24, 2.45) is 0 Å². The van der Waals surface area contributed by atoms with Gasteiger partial charge in [-0.15, -0.1) is 0 Å². The number of hydrogen-bond donors (Lipinski definition) is 1. The Morgan fingerprint density at radius 3 is 2.60 bits per heavy atom. The van der Waals surface area contributed by atoms with Gasteiger partial charge in [0.25, 0.3) is 0 Å². The lowest BCUT2D eigenvalue weighted by atomic mass is 9.87. The van der Waals surface area contributed by atoms with E-state index in [1.165, 1.54) is 5.69 Å². The van der Waals surface area contributed by atoms with Crippen LogP contribution in [0.15, 0.2) is 42.5 Å². The molecule has 1 aromatic carbocycles. The third-order valence-electron chi connectivity index (χ3n) is 3.78. The van der Waals surface area contributed by atoms with E-state index >= 15 is 0 Å². The van der Waals surface area contributed by atoms with E-state index in [0.29, 0.717) is 0 Å². The van der Waals surface area contributed by atoms with Crippen LogP contribution in [0.3, 0.4) is 0 Å². The maximum absolute atomic E-state index is 11.0. The molecule has 1 aliphatic heterocycles. The van der Waals surface area contributed by atoms with Gasteiger partial charge in [-0.2, -0.15) is 0 Å². The van der Waals surface area contributed by atoms with Gasteiger partial charge in [0.1, 0.15) is 0 Å². The average Bonchev–Trinajstić information content (AvgIpc) is 2.90. The van der Waals surface area contributed by atoms with Gasteiger partial charge >= 0.3 is 5.97 Å². The molecule has 0 amide bonds. The Morgan fingerprint density at radius 1 is 1.25 bits per heavy atom. The second kappa shape index (κ2) is 4.37. The Balaban J connectivity index is 2.20. The molecular weight excluding hydrogens is 250 g/mol. The predicted octanol–water partition coefficient (Wildman–Crippen LogP) is 3.54. The second-order valence-electron chi connectivity index (χ2n) is 5.74. The highest BCUT2D eigenvalue weighted by Crippen LogP contribution is 2.40. The summed E-state index contributed by atoms with van der Waals surface area (Å²) in [5.41, 5.74) is 4.16.